The number of benzene rings is 2. The van der Waals surface area contributed by atoms with Crippen LogP contribution in [-0.2, 0) is 0 Å². The predicted octanol–water partition coefficient (Wildman–Crippen LogP) is 3.31. The molecule has 0 aliphatic rings. The number of fused-ring (bicyclic) bond motifs is 1. The van der Waals surface area contributed by atoms with Crippen molar-refractivity contribution >= 4 is 11.0 Å². The Kier molecular flexibility index (Phi) is 2.45. The number of aryl methyl sites for hydroxylation is 1. The van der Waals surface area contributed by atoms with E-state index in [-0.39, 0.29) is 5.75 Å². The number of rotatable bonds is 1. The highest BCUT2D eigenvalue weighted by Gasteiger charge is 2.07. The number of aromatic hydroxyl groups is 1. The number of hydrogen-bond acceptors (Lipinski definition) is 3. The zero-order valence-corrected chi connectivity index (χ0v) is 9.96. The van der Waals surface area contributed by atoms with Crippen molar-refractivity contribution in [1.82, 2.24) is 9.97 Å². The van der Waals surface area contributed by atoms with E-state index in [0.29, 0.717) is 11.3 Å². The molecular formula is C15H12N2O. The fourth-order valence-corrected chi connectivity index (χ4v) is 1.94. The zero-order chi connectivity index (χ0) is 12.5. The van der Waals surface area contributed by atoms with Crippen LogP contribution in [0.5, 0.6) is 5.75 Å². The summed E-state index contributed by atoms with van der Waals surface area (Å²) in [5.41, 5.74) is 4.17. The molecule has 0 fully saturated rings. The Hall–Kier alpha value is -2.42. The number of hydrogen-bond donors (Lipinski definition) is 1. The van der Waals surface area contributed by atoms with E-state index in [1.807, 2.05) is 43.3 Å². The van der Waals surface area contributed by atoms with Crippen molar-refractivity contribution in [2.45, 2.75) is 6.92 Å². The van der Waals surface area contributed by atoms with Crippen LogP contribution in [0.15, 0.2) is 48.7 Å². The second kappa shape index (κ2) is 4.11. The predicted molar refractivity (Wildman–Crippen MR) is 71.4 cm³/mol. The average Bonchev–Trinajstić information content (AvgIpc) is 2.41. The first kappa shape index (κ1) is 10.7. The maximum Gasteiger partial charge on any atom is 0.125 e. The number of para-hydroxylation sites is 2. The van der Waals surface area contributed by atoms with Gasteiger partial charge in [-0.05, 0) is 31.2 Å². The Balaban J connectivity index is 2.22. The highest BCUT2D eigenvalue weighted by atomic mass is 16.3. The third kappa shape index (κ3) is 1.80. The minimum Gasteiger partial charge on any atom is -0.507 e. The normalized spacial score (nSPS) is 10.7. The molecule has 0 saturated carbocycles. The maximum atomic E-state index is 9.89. The Morgan fingerprint density at radius 1 is 1.00 bits per heavy atom. The fraction of sp³-hybridized carbons (Fsp3) is 0.0667. The van der Waals surface area contributed by atoms with Crippen LogP contribution in [0, 0.1) is 6.92 Å². The molecule has 3 rings (SSSR count). The average molecular weight is 236 g/mol. The minimum atomic E-state index is 0.227. The summed E-state index contributed by atoms with van der Waals surface area (Å²) in [6.07, 6.45) is 1.69. The van der Waals surface area contributed by atoms with Crippen LogP contribution < -0.4 is 0 Å². The molecule has 0 aliphatic carbocycles. The van der Waals surface area contributed by atoms with Gasteiger partial charge in [0, 0.05) is 5.56 Å². The van der Waals surface area contributed by atoms with Crippen LogP contribution >= 0.6 is 0 Å². The molecule has 0 unspecified atom stereocenters. The lowest BCUT2D eigenvalue weighted by atomic mass is 10.1. The molecule has 0 spiro atoms. The van der Waals surface area contributed by atoms with Crippen LogP contribution in [0.25, 0.3) is 22.3 Å². The van der Waals surface area contributed by atoms with Crippen molar-refractivity contribution in [3.8, 4) is 17.0 Å². The quantitative estimate of drug-likeness (QED) is 0.705. The molecule has 1 aromatic heterocycles. The van der Waals surface area contributed by atoms with Crippen molar-refractivity contribution in [3.63, 3.8) is 0 Å². The van der Waals surface area contributed by atoms with Crippen molar-refractivity contribution in [1.29, 1.82) is 0 Å². The van der Waals surface area contributed by atoms with Crippen molar-refractivity contribution in [2.24, 2.45) is 0 Å². The molecule has 18 heavy (non-hydrogen) atoms. The highest BCUT2D eigenvalue weighted by Crippen LogP contribution is 2.28. The summed E-state index contributed by atoms with van der Waals surface area (Å²) in [5, 5.41) is 9.89. The van der Waals surface area contributed by atoms with Gasteiger partial charge in [0.05, 0.1) is 22.9 Å². The van der Waals surface area contributed by atoms with Gasteiger partial charge in [0.25, 0.3) is 0 Å². The molecule has 88 valence electrons. The van der Waals surface area contributed by atoms with E-state index < -0.39 is 0 Å². The molecule has 2 aromatic carbocycles. The standard InChI is InChI=1S/C15H12N2O/c1-10-6-7-15(18)11(8-10)14-9-16-12-4-2-3-5-13(12)17-14/h2-9,18H,1H3. The molecular weight excluding hydrogens is 224 g/mol. The molecule has 1 heterocycles. The van der Waals surface area contributed by atoms with Crippen LogP contribution in [0.3, 0.4) is 0 Å². The zero-order valence-electron chi connectivity index (χ0n) is 9.96. The Labute approximate surface area is 105 Å². The van der Waals surface area contributed by atoms with Crippen LogP contribution in [0.4, 0.5) is 0 Å². The summed E-state index contributed by atoms with van der Waals surface area (Å²) in [4.78, 5) is 8.88. The van der Waals surface area contributed by atoms with Gasteiger partial charge in [-0.25, -0.2) is 4.98 Å². The van der Waals surface area contributed by atoms with Gasteiger partial charge in [0.15, 0.2) is 0 Å². The van der Waals surface area contributed by atoms with Gasteiger partial charge in [0.2, 0.25) is 0 Å². The van der Waals surface area contributed by atoms with Crippen molar-refractivity contribution in [3.05, 3.63) is 54.2 Å². The van der Waals surface area contributed by atoms with E-state index in [4.69, 9.17) is 0 Å². The third-order valence-corrected chi connectivity index (χ3v) is 2.88. The molecule has 0 saturated heterocycles. The van der Waals surface area contributed by atoms with E-state index in [2.05, 4.69) is 9.97 Å². The van der Waals surface area contributed by atoms with Gasteiger partial charge in [-0.1, -0.05) is 23.8 Å². The second-order valence-electron chi connectivity index (χ2n) is 4.26. The topological polar surface area (TPSA) is 46.0 Å². The Morgan fingerprint density at radius 2 is 1.78 bits per heavy atom. The first-order valence-corrected chi connectivity index (χ1v) is 5.76. The minimum absolute atomic E-state index is 0.227. The van der Waals surface area contributed by atoms with Gasteiger partial charge in [0.1, 0.15) is 5.75 Å². The van der Waals surface area contributed by atoms with Crippen molar-refractivity contribution < 1.29 is 5.11 Å². The fourth-order valence-electron chi connectivity index (χ4n) is 1.94. The van der Waals surface area contributed by atoms with Crippen LogP contribution in [0.1, 0.15) is 5.56 Å². The molecule has 0 radical (unpaired) electrons. The van der Waals surface area contributed by atoms with Gasteiger partial charge in [-0.2, -0.15) is 0 Å². The Morgan fingerprint density at radius 3 is 2.61 bits per heavy atom. The number of phenols is 1. The second-order valence-corrected chi connectivity index (χ2v) is 4.26. The molecule has 0 aliphatic heterocycles. The van der Waals surface area contributed by atoms with Crippen LogP contribution in [0.2, 0.25) is 0 Å². The van der Waals surface area contributed by atoms with E-state index in [1.54, 1.807) is 12.3 Å². The van der Waals surface area contributed by atoms with E-state index in [9.17, 15) is 5.11 Å². The third-order valence-electron chi connectivity index (χ3n) is 2.88. The summed E-state index contributed by atoms with van der Waals surface area (Å²) >= 11 is 0. The smallest absolute Gasteiger partial charge is 0.125 e. The number of aromatic nitrogens is 2. The van der Waals surface area contributed by atoms with Gasteiger partial charge < -0.3 is 5.11 Å². The molecule has 3 nitrogen and oxygen atoms in total. The first-order chi connectivity index (χ1) is 8.74. The largest absolute Gasteiger partial charge is 0.507 e. The summed E-state index contributed by atoms with van der Waals surface area (Å²) in [5.74, 6) is 0.227. The summed E-state index contributed by atoms with van der Waals surface area (Å²) in [6, 6.07) is 13.2. The van der Waals surface area contributed by atoms with Crippen molar-refractivity contribution in [2.75, 3.05) is 0 Å². The Bertz CT molecular complexity index is 723. The lowest BCUT2D eigenvalue weighted by Gasteiger charge is -2.06. The van der Waals surface area contributed by atoms with Gasteiger partial charge in [-0.3, -0.25) is 4.98 Å². The molecule has 1 N–H and O–H groups in total. The van der Waals surface area contributed by atoms with Crippen LogP contribution in [-0.4, -0.2) is 15.1 Å². The molecule has 0 atom stereocenters. The molecule has 3 heteroatoms. The lowest BCUT2D eigenvalue weighted by molar-refractivity contribution is 0.477. The maximum absolute atomic E-state index is 9.89. The van der Waals surface area contributed by atoms with E-state index >= 15 is 0 Å². The van der Waals surface area contributed by atoms with E-state index in [0.717, 1.165) is 16.6 Å². The summed E-state index contributed by atoms with van der Waals surface area (Å²) in [7, 11) is 0. The lowest BCUT2D eigenvalue weighted by Crippen LogP contribution is -1.89. The van der Waals surface area contributed by atoms with Gasteiger partial charge >= 0.3 is 0 Å². The summed E-state index contributed by atoms with van der Waals surface area (Å²) in [6.45, 7) is 1.98. The molecule has 3 aromatic rings. The first-order valence-electron chi connectivity index (χ1n) is 5.76. The van der Waals surface area contributed by atoms with E-state index in [1.165, 1.54) is 0 Å². The van der Waals surface area contributed by atoms with Gasteiger partial charge in [-0.15, -0.1) is 0 Å². The number of phenolic OH excluding ortho intramolecular Hbond substituents is 1. The SMILES string of the molecule is Cc1ccc(O)c(-c2cnc3ccccc3n2)c1. The molecule has 0 bridgehead atoms. The molecule has 0 amide bonds. The highest BCUT2D eigenvalue weighted by molar-refractivity contribution is 5.78. The monoisotopic (exact) mass is 236 g/mol. The summed E-state index contributed by atoms with van der Waals surface area (Å²) < 4.78 is 0. The number of nitrogens with zero attached hydrogens (tertiary/aromatic N) is 2.